The normalized spacial score (nSPS) is 18.6. The summed E-state index contributed by atoms with van der Waals surface area (Å²) < 4.78 is 13.2. The number of nitrogens with two attached hydrogens (primary N) is 1. The molecule has 1 atom stereocenters. The van der Waals surface area contributed by atoms with Crippen molar-refractivity contribution in [2.75, 3.05) is 13.1 Å². The number of likely N-dealkylation sites (tertiary alicyclic amines) is 1. The highest BCUT2D eigenvalue weighted by Crippen LogP contribution is 2.30. The zero-order valence-electron chi connectivity index (χ0n) is 12.1. The minimum atomic E-state index is -0.189. The SMILES string of the molecule is NC1CCN(C(c2ccccc2)c2ccc(F)cc2)CC1. The average molecular weight is 284 g/mol. The van der Waals surface area contributed by atoms with E-state index in [2.05, 4.69) is 29.2 Å². The molecule has 1 unspecified atom stereocenters. The minimum Gasteiger partial charge on any atom is -0.328 e. The first-order chi connectivity index (χ1) is 10.2. The van der Waals surface area contributed by atoms with Gasteiger partial charge in [-0.15, -0.1) is 0 Å². The molecule has 1 fully saturated rings. The summed E-state index contributed by atoms with van der Waals surface area (Å²) in [5, 5.41) is 0. The van der Waals surface area contributed by atoms with Crippen molar-refractivity contribution in [2.45, 2.75) is 24.9 Å². The van der Waals surface area contributed by atoms with Crippen molar-refractivity contribution in [3.8, 4) is 0 Å². The fraction of sp³-hybridized carbons (Fsp3) is 0.333. The quantitative estimate of drug-likeness (QED) is 0.936. The van der Waals surface area contributed by atoms with E-state index < -0.39 is 0 Å². The summed E-state index contributed by atoms with van der Waals surface area (Å²) in [5.41, 5.74) is 8.40. The number of halogens is 1. The summed E-state index contributed by atoms with van der Waals surface area (Å²) in [7, 11) is 0. The van der Waals surface area contributed by atoms with E-state index in [-0.39, 0.29) is 11.9 Å². The summed E-state index contributed by atoms with van der Waals surface area (Å²) in [4.78, 5) is 2.45. The predicted octanol–water partition coefficient (Wildman–Crippen LogP) is 3.34. The van der Waals surface area contributed by atoms with Gasteiger partial charge in [0.1, 0.15) is 5.82 Å². The molecule has 2 N–H and O–H groups in total. The fourth-order valence-electron chi connectivity index (χ4n) is 3.07. The van der Waals surface area contributed by atoms with E-state index in [1.165, 1.54) is 5.56 Å². The molecule has 1 heterocycles. The molecule has 0 aliphatic carbocycles. The minimum absolute atomic E-state index is 0.180. The van der Waals surface area contributed by atoms with Crippen molar-refractivity contribution in [3.63, 3.8) is 0 Å². The average Bonchev–Trinajstić information content (AvgIpc) is 2.52. The van der Waals surface area contributed by atoms with Crippen molar-refractivity contribution >= 4 is 0 Å². The molecule has 110 valence electrons. The standard InChI is InChI=1S/C18H21FN2/c19-16-8-6-15(7-9-16)18(14-4-2-1-3-5-14)21-12-10-17(20)11-13-21/h1-9,17-18H,10-13,20H2. The zero-order valence-corrected chi connectivity index (χ0v) is 12.1. The van der Waals surface area contributed by atoms with Gasteiger partial charge in [-0.2, -0.15) is 0 Å². The molecule has 1 aliphatic heterocycles. The third-order valence-corrected chi connectivity index (χ3v) is 4.24. The van der Waals surface area contributed by atoms with Crippen molar-refractivity contribution in [1.29, 1.82) is 0 Å². The summed E-state index contributed by atoms with van der Waals surface area (Å²) in [6.45, 7) is 1.97. The van der Waals surface area contributed by atoms with E-state index in [1.54, 1.807) is 12.1 Å². The highest BCUT2D eigenvalue weighted by molar-refractivity contribution is 5.32. The lowest BCUT2D eigenvalue weighted by Crippen LogP contribution is -2.41. The van der Waals surface area contributed by atoms with Gasteiger partial charge in [0, 0.05) is 19.1 Å². The first kappa shape index (κ1) is 14.2. The van der Waals surface area contributed by atoms with Gasteiger partial charge in [0.2, 0.25) is 0 Å². The van der Waals surface area contributed by atoms with Crippen LogP contribution in [0.25, 0.3) is 0 Å². The van der Waals surface area contributed by atoms with Gasteiger partial charge in [-0.25, -0.2) is 4.39 Å². The van der Waals surface area contributed by atoms with Crippen molar-refractivity contribution in [3.05, 3.63) is 71.5 Å². The van der Waals surface area contributed by atoms with Gasteiger partial charge in [0.25, 0.3) is 0 Å². The Morgan fingerprint density at radius 2 is 1.48 bits per heavy atom. The first-order valence-electron chi connectivity index (χ1n) is 7.54. The maximum absolute atomic E-state index is 13.2. The Hall–Kier alpha value is -1.71. The molecule has 2 nitrogen and oxygen atoms in total. The lowest BCUT2D eigenvalue weighted by Gasteiger charge is -2.37. The van der Waals surface area contributed by atoms with Crippen molar-refractivity contribution in [2.24, 2.45) is 5.73 Å². The molecular formula is C18H21FN2. The molecule has 0 aromatic heterocycles. The second-order valence-corrected chi connectivity index (χ2v) is 5.74. The number of piperidine rings is 1. The van der Waals surface area contributed by atoms with Gasteiger partial charge in [-0.3, -0.25) is 4.90 Å². The van der Waals surface area contributed by atoms with E-state index in [1.807, 2.05) is 18.2 Å². The lowest BCUT2D eigenvalue weighted by molar-refractivity contribution is 0.175. The Kier molecular flexibility index (Phi) is 4.32. The third-order valence-electron chi connectivity index (χ3n) is 4.24. The third kappa shape index (κ3) is 3.31. The number of rotatable bonds is 3. The largest absolute Gasteiger partial charge is 0.328 e. The highest BCUT2D eigenvalue weighted by atomic mass is 19.1. The Morgan fingerprint density at radius 1 is 0.905 bits per heavy atom. The van der Waals surface area contributed by atoms with E-state index in [0.717, 1.165) is 31.5 Å². The maximum atomic E-state index is 13.2. The zero-order chi connectivity index (χ0) is 14.7. The number of hydrogen-bond acceptors (Lipinski definition) is 2. The molecule has 0 radical (unpaired) electrons. The molecule has 1 aliphatic rings. The molecule has 0 spiro atoms. The van der Waals surface area contributed by atoms with Crippen LogP contribution in [0.5, 0.6) is 0 Å². The first-order valence-corrected chi connectivity index (χ1v) is 7.54. The van der Waals surface area contributed by atoms with E-state index in [4.69, 9.17) is 5.73 Å². The van der Waals surface area contributed by atoms with Gasteiger partial charge in [0.05, 0.1) is 6.04 Å². The molecule has 3 rings (SSSR count). The summed E-state index contributed by atoms with van der Waals surface area (Å²) >= 11 is 0. The van der Waals surface area contributed by atoms with Gasteiger partial charge in [-0.05, 0) is 36.1 Å². The topological polar surface area (TPSA) is 29.3 Å². The molecule has 0 saturated carbocycles. The van der Waals surface area contributed by atoms with Crippen LogP contribution >= 0.6 is 0 Å². The van der Waals surface area contributed by atoms with Gasteiger partial charge >= 0.3 is 0 Å². The van der Waals surface area contributed by atoms with Crippen LogP contribution in [0.1, 0.15) is 30.0 Å². The Labute approximate surface area is 125 Å². The van der Waals surface area contributed by atoms with Crippen LogP contribution in [0.4, 0.5) is 4.39 Å². The number of nitrogens with zero attached hydrogens (tertiary/aromatic N) is 1. The summed E-state index contributed by atoms with van der Waals surface area (Å²) in [6.07, 6.45) is 2.04. The van der Waals surface area contributed by atoms with Crippen LogP contribution in [0.15, 0.2) is 54.6 Å². The smallest absolute Gasteiger partial charge is 0.123 e. The second kappa shape index (κ2) is 6.37. The fourth-order valence-corrected chi connectivity index (χ4v) is 3.07. The van der Waals surface area contributed by atoms with Crippen LogP contribution in [-0.4, -0.2) is 24.0 Å². The Bertz CT molecular complexity index is 560. The van der Waals surface area contributed by atoms with Gasteiger partial charge < -0.3 is 5.73 Å². The lowest BCUT2D eigenvalue weighted by atomic mass is 9.94. The molecule has 2 aromatic rings. The van der Waals surface area contributed by atoms with Crippen LogP contribution in [0.2, 0.25) is 0 Å². The van der Waals surface area contributed by atoms with Crippen molar-refractivity contribution < 1.29 is 4.39 Å². The van der Waals surface area contributed by atoms with Crippen LogP contribution in [-0.2, 0) is 0 Å². The van der Waals surface area contributed by atoms with Gasteiger partial charge in [-0.1, -0.05) is 42.5 Å². The molecule has 1 saturated heterocycles. The maximum Gasteiger partial charge on any atom is 0.123 e. The van der Waals surface area contributed by atoms with E-state index in [9.17, 15) is 4.39 Å². The van der Waals surface area contributed by atoms with E-state index in [0.29, 0.717) is 6.04 Å². The predicted molar refractivity (Wildman–Crippen MR) is 83.5 cm³/mol. The molecule has 0 bridgehead atoms. The molecular weight excluding hydrogens is 263 g/mol. The second-order valence-electron chi connectivity index (χ2n) is 5.74. The number of hydrogen-bond donors (Lipinski definition) is 1. The molecule has 2 aromatic carbocycles. The highest BCUT2D eigenvalue weighted by Gasteiger charge is 2.25. The summed E-state index contributed by atoms with van der Waals surface area (Å²) in [5.74, 6) is -0.189. The van der Waals surface area contributed by atoms with Gasteiger partial charge in [0.15, 0.2) is 0 Å². The number of benzene rings is 2. The summed E-state index contributed by atoms with van der Waals surface area (Å²) in [6, 6.07) is 17.8. The Balaban J connectivity index is 1.93. The van der Waals surface area contributed by atoms with Crippen molar-refractivity contribution in [1.82, 2.24) is 4.90 Å². The molecule has 3 heteroatoms. The molecule has 0 amide bonds. The monoisotopic (exact) mass is 284 g/mol. The van der Waals surface area contributed by atoms with E-state index >= 15 is 0 Å². The van der Waals surface area contributed by atoms with Crippen LogP contribution in [0, 0.1) is 5.82 Å². The van der Waals surface area contributed by atoms with Crippen LogP contribution < -0.4 is 5.73 Å². The van der Waals surface area contributed by atoms with Crippen LogP contribution in [0.3, 0.4) is 0 Å². The molecule has 21 heavy (non-hydrogen) atoms. The Morgan fingerprint density at radius 3 is 2.10 bits per heavy atom.